The van der Waals surface area contributed by atoms with Crippen molar-refractivity contribution in [1.82, 2.24) is 15.1 Å². The van der Waals surface area contributed by atoms with Crippen molar-refractivity contribution in [3.05, 3.63) is 0 Å². The zero-order chi connectivity index (χ0) is 32.6. The molecular formula is C33H65N3O6. The number of ether oxygens (including phenoxy) is 2. The van der Waals surface area contributed by atoms with Gasteiger partial charge in [0.2, 0.25) is 0 Å². The van der Waals surface area contributed by atoms with Crippen molar-refractivity contribution in [3.63, 3.8) is 0 Å². The van der Waals surface area contributed by atoms with E-state index in [1.165, 1.54) is 6.92 Å². The Kier molecular flexibility index (Phi) is 15.1. The van der Waals surface area contributed by atoms with Crippen LogP contribution < -0.4 is 5.32 Å². The molecule has 1 aliphatic heterocycles. The van der Waals surface area contributed by atoms with Gasteiger partial charge in [-0.3, -0.25) is 9.59 Å². The van der Waals surface area contributed by atoms with Gasteiger partial charge in [0, 0.05) is 31.0 Å². The van der Waals surface area contributed by atoms with E-state index in [0.29, 0.717) is 32.5 Å². The third kappa shape index (κ3) is 10.5. The lowest BCUT2D eigenvalue weighted by Crippen LogP contribution is -2.59. The fraction of sp³-hybridized carbons (Fsp3) is 0.939. The molecule has 1 fully saturated rings. The van der Waals surface area contributed by atoms with Crippen molar-refractivity contribution in [2.45, 2.75) is 118 Å². The normalized spacial score (nSPS) is 36.9. The SMILES string of the molecule is CC[C@H]1OC(=O)[C@H](C)C(=O)[C@H](C)[C@@H](C(C)(C)C)[C@](C)(OCCNCCCN(C)C)C[C@@H](C)CN(C)[C@H](C)[C@@H](O)[C@]1(C)O. The second-order valence-electron chi connectivity index (χ2n) is 14.8. The summed E-state index contributed by atoms with van der Waals surface area (Å²) in [4.78, 5) is 31.5. The number of hydrogen-bond acceptors (Lipinski definition) is 9. The molecule has 9 atom stereocenters. The van der Waals surface area contributed by atoms with Crippen molar-refractivity contribution in [3.8, 4) is 0 Å². The van der Waals surface area contributed by atoms with Crippen LogP contribution in [-0.2, 0) is 19.1 Å². The minimum atomic E-state index is -1.69. The van der Waals surface area contributed by atoms with E-state index in [4.69, 9.17) is 9.47 Å². The Labute approximate surface area is 257 Å². The maximum Gasteiger partial charge on any atom is 0.316 e. The highest BCUT2D eigenvalue weighted by molar-refractivity contribution is 5.99. The average molecular weight is 600 g/mol. The van der Waals surface area contributed by atoms with Crippen molar-refractivity contribution in [2.24, 2.45) is 29.1 Å². The molecule has 0 aromatic rings. The second kappa shape index (κ2) is 16.3. The molecule has 0 bridgehead atoms. The van der Waals surface area contributed by atoms with Crippen LogP contribution in [0.2, 0.25) is 0 Å². The van der Waals surface area contributed by atoms with Gasteiger partial charge in [-0.15, -0.1) is 0 Å². The van der Waals surface area contributed by atoms with Crippen LogP contribution in [0.3, 0.4) is 0 Å². The molecule has 9 heteroatoms. The van der Waals surface area contributed by atoms with Crippen LogP contribution in [0.4, 0.5) is 0 Å². The van der Waals surface area contributed by atoms with Crippen LogP contribution in [-0.4, -0.2) is 115 Å². The zero-order valence-electron chi connectivity index (χ0n) is 29.1. The maximum absolute atomic E-state index is 14.0. The van der Waals surface area contributed by atoms with E-state index in [1.807, 2.05) is 25.8 Å². The number of Topliss-reactive ketones (excluding diaryl/α,β-unsaturated/α-hetero) is 1. The molecule has 0 saturated carbocycles. The Morgan fingerprint density at radius 1 is 1.12 bits per heavy atom. The van der Waals surface area contributed by atoms with Gasteiger partial charge in [-0.2, -0.15) is 0 Å². The largest absolute Gasteiger partial charge is 0.459 e. The molecule has 1 heterocycles. The summed E-state index contributed by atoms with van der Waals surface area (Å²) in [6.07, 6.45) is -0.0910. The summed E-state index contributed by atoms with van der Waals surface area (Å²) >= 11 is 0. The van der Waals surface area contributed by atoms with Gasteiger partial charge in [-0.05, 0) is 92.5 Å². The van der Waals surface area contributed by atoms with E-state index < -0.39 is 47.3 Å². The van der Waals surface area contributed by atoms with Gasteiger partial charge in [0.15, 0.2) is 0 Å². The lowest BCUT2D eigenvalue weighted by Gasteiger charge is -2.49. The number of rotatable bonds is 9. The van der Waals surface area contributed by atoms with E-state index in [2.05, 4.69) is 58.9 Å². The van der Waals surface area contributed by atoms with Crippen molar-refractivity contribution in [1.29, 1.82) is 0 Å². The van der Waals surface area contributed by atoms with E-state index in [9.17, 15) is 19.8 Å². The van der Waals surface area contributed by atoms with Crippen molar-refractivity contribution >= 4 is 11.8 Å². The summed E-state index contributed by atoms with van der Waals surface area (Å²) in [5, 5.41) is 26.2. The third-order valence-corrected chi connectivity index (χ3v) is 9.38. The third-order valence-electron chi connectivity index (χ3n) is 9.38. The topological polar surface area (TPSA) is 112 Å². The zero-order valence-corrected chi connectivity index (χ0v) is 29.1. The first-order valence-electron chi connectivity index (χ1n) is 16.0. The first-order chi connectivity index (χ1) is 19.2. The fourth-order valence-electron chi connectivity index (χ4n) is 7.34. The van der Waals surface area contributed by atoms with Crippen LogP contribution in [0.25, 0.3) is 0 Å². The van der Waals surface area contributed by atoms with Crippen LogP contribution in [0.5, 0.6) is 0 Å². The number of aliphatic hydroxyl groups is 2. The number of carbonyl (C=O) groups excluding carboxylic acids is 2. The van der Waals surface area contributed by atoms with E-state index in [1.54, 1.807) is 13.8 Å². The molecule has 0 radical (unpaired) electrons. The molecule has 0 aliphatic carbocycles. The number of likely N-dealkylation sites (N-methyl/N-ethyl adjacent to an activating group) is 1. The molecule has 1 aliphatic rings. The van der Waals surface area contributed by atoms with Gasteiger partial charge in [0.25, 0.3) is 0 Å². The van der Waals surface area contributed by atoms with Gasteiger partial charge >= 0.3 is 5.97 Å². The molecule has 0 amide bonds. The highest BCUT2D eigenvalue weighted by Gasteiger charge is 2.50. The number of nitrogens with zero attached hydrogens (tertiary/aromatic N) is 2. The average Bonchev–Trinajstić information content (AvgIpc) is 2.87. The summed E-state index contributed by atoms with van der Waals surface area (Å²) in [5.74, 6) is -2.40. The minimum absolute atomic E-state index is 0.155. The standard InChI is InChI=1S/C33H65N3O6/c1-14-26-33(10,40)29(38)25(5)36(13)21-22(2)20-32(9,41-19-17-34-16-15-18-35(11)12)28(31(6,7)8)23(3)27(37)24(4)30(39)42-26/h22-26,28-29,34,38,40H,14-21H2,1-13H3/t22-,23+,24-,25-,26-,28+,29-,32-,33-/m1/s1. The predicted molar refractivity (Wildman–Crippen MR) is 169 cm³/mol. The molecule has 0 aromatic heterocycles. The first kappa shape index (κ1) is 38.9. The monoisotopic (exact) mass is 599 g/mol. The maximum atomic E-state index is 14.0. The molecule has 248 valence electrons. The summed E-state index contributed by atoms with van der Waals surface area (Å²) in [5.41, 5.74) is -2.66. The molecule has 0 aromatic carbocycles. The number of ketones is 1. The molecule has 9 nitrogen and oxygen atoms in total. The summed E-state index contributed by atoms with van der Waals surface area (Å²) in [6.45, 7) is 23.2. The Balaban J connectivity index is 3.48. The smallest absolute Gasteiger partial charge is 0.316 e. The van der Waals surface area contributed by atoms with Gasteiger partial charge in [0.1, 0.15) is 29.5 Å². The number of carbonyl (C=O) groups is 2. The first-order valence-corrected chi connectivity index (χ1v) is 16.0. The van der Waals surface area contributed by atoms with E-state index in [0.717, 1.165) is 19.5 Å². The Hall–Kier alpha value is -1.10. The number of esters is 1. The molecule has 0 unspecified atom stereocenters. The van der Waals surface area contributed by atoms with Gasteiger partial charge in [-0.25, -0.2) is 0 Å². The highest BCUT2D eigenvalue weighted by atomic mass is 16.6. The molecule has 1 saturated heterocycles. The summed E-state index contributed by atoms with van der Waals surface area (Å²) < 4.78 is 12.5. The van der Waals surface area contributed by atoms with Crippen molar-refractivity contribution < 1.29 is 29.3 Å². The minimum Gasteiger partial charge on any atom is -0.459 e. The lowest BCUT2D eigenvalue weighted by atomic mass is 9.61. The second-order valence-corrected chi connectivity index (χ2v) is 14.8. The van der Waals surface area contributed by atoms with E-state index >= 15 is 0 Å². The van der Waals surface area contributed by atoms with Gasteiger partial charge in [0.05, 0.1) is 12.2 Å². The number of cyclic esters (lactones) is 1. The Bertz CT molecular complexity index is 844. The van der Waals surface area contributed by atoms with Gasteiger partial charge in [-0.1, -0.05) is 41.5 Å². The summed E-state index contributed by atoms with van der Waals surface area (Å²) in [6, 6.07) is -0.407. The lowest BCUT2D eigenvalue weighted by molar-refractivity contribution is -0.190. The molecule has 1 rings (SSSR count). The molecular weight excluding hydrogens is 534 g/mol. The quantitative estimate of drug-likeness (QED) is 0.208. The fourth-order valence-corrected chi connectivity index (χ4v) is 7.34. The van der Waals surface area contributed by atoms with E-state index in [-0.39, 0.29) is 23.0 Å². The molecule has 3 N–H and O–H groups in total. The number of hydrogen-bond donors (Lipinski definition) is 3. The Morgan fingerprint density at radius 2 is 1.71 bits per heavy atom. The van der Waals surface area contributed by atoms with Crippen LogP contribution in [0.15, 0.2) is 0 Å². The number of nitrogens with one attached hydrogen (secondary N) is 1. The predicted octanol–water partition coefficient (Wildman–Crippen LogP) is 3.60. The number of aliphatic hydroxyl groups excluding tert-OH is 1. The van der Waals surface area contributed by atoms with Crippen LogP contribution in [0.1, 0.15) is 88.5 Å². The molecule has 0 spiro atoms. The van der Waals surface area contributed by atoms with Crippen LogP contribution in [0, 0.1) is 29.1 Å². The van der Waals surface area contributed by atoms with Crippen molar-refractivity contribution in [2.75, 3.05) is 53.9 Å². The van der Waals surface area contributed by atoms with Gasteiger partial charge < -0.3 is 34.8 Å². The Morgan fingerprint density at radius 3 is 2.24 bits per heavy atom. The highest BCUT2D eigenvalue weighted by Crippen LogP contribution is 2.46. The summed E-state index contributed by atoms with van der Waals surface area (Å²) in [7, 11) is 6.08. The molecule has 42 heavy (non-hydrogen) atoms. The van der Waals surface area contributed by atoms with Crippen LogP contribution >= 0.6 is 0 Å².